The highest BCUT2D eigenvalue weighted by Crippen LogP contribution is 2.26. The van der Waals surface area contributed by atoms with Gasteiger partial charge in [0.05, 0.1) is 11.4 Å². The summed E-state index contributed by atoms with van der Waals surface area (Å²) in [5.74, 6) is 0.423. The second-order valence-electron chi connectivity index (χ2n) is 7.66. The maximum atomic E-state index is 12.5. The van der Waals surface area contributed by atoms with E-state index in [1.54, 1.807) is 24.3 Å². The van der Waals surface area contributed by atoms with Crippen molar-refractivity contribution in [1.82, 2.24) is 24.7 Å². The normalized spacial score (nSPS) is 10.9. The van der Waals surface area contributed by atoms with Crippen LogP contribution in [-0.2, 0) is 11.2 Å². The molecule has 0 unspecified atom stereocenters. The van der Waals surface area contributed by atoms with Gasteiger partial charge in [0.25, 0.3) is 5.56 Å². The maximum absolute atomic E-state index is 12.5. The highest BCUT2D eigenvalue weighted by Gasteiger charge is 2.18. The lowest BCUT2D eigenvalue weighted by molar-refractivity contribution is -0.113. The number of aryl methyl sites for hydroxylation is 2. The highest BCUT2D eigenvalue weighted by molar-refractivity contribution is 7.99. The fourth-order valence-corrected chi connectivity index (χ4v) is 4.25. The number of amides is 1. The number of anilines is 1. The Bertz CT molecular complexity index is 1430. The number of carbonyl (C=O) groups is 1. The summed E-state index contributed by atoms with van der Waals surface area (Å²) in [5.41, 5.74) is 2.85. The summed E-state index contributed by atoms with van der Waals surface area (Å²) in [4.78, 5) is 40.7. The third-order valence-electron chi connectivity index (χ3n) is 4.93. The van der Waals surface area contributed by atoms with Crippen LogP contribution in [0.3, 0.4) is 0 Å². The first-order chi connectivity index (χ1) is 16.3. The number of aromatic amines is 2. The van der Waals surface area contributed by atoms with Crippen LogP contribution >= 0.6 is 23.4 Å². The largest absolute Gasteiger partial charge is 0.325 e. The summed E-state index contributed by atoms with van der Waals surface area (Å²) in [5, 5.41) is 12.5. The van der Waals surface area contributed by atoms with Gasteiger partial charge in [0, 0.05) is 28.9 Å². The molecule has 0 aliphatic carbocycles. The molecular formula is C23H21ClN6O3S. The van der Waals surface area contributed by atoms with Gasteiger partial charge in [-0.1, -0.05) is 35.5 Å². The van der Waals surface area contributed by atoms with E-state index in [0.29, 0.717) is 27.4 Å². The molecule has 0 radical (unpaired) electrons. The molecule has 2 aromatic carbocycles. The van der Waals surface area contributed by atoms with Gasteiger partial charge < -0.3 is 10.3 Å². The quantitative estimate of drug-likeness (QED) is 0.337. The number of benzene rings is 2. The summed E-state index contributed by atoms with van der Waals surface area (Å²) in [6.45, 7) is 3.95. The molecule has 1 amide bonds. The molecule has 3 N–H and O–H groups in total. The second-order valence-corrected chi connectivity index (χ2v) is 9.04. The van der Waals surface area contributed by atoms with E-state index >= 15 is 0 Å². The molecule has 0 fully saturated rings. The minimum atomic E-state index is -0.589. The zero-order valence-electron chi connectivity index (χ0n) is 18.4. The van der Waals surface area contributed by atoms with Crippen LogP contribution in [0.2, 0.25) is 5.02 Å². The lowest BCUT2D eigenvalue weighted by atomic mass is 10.1. The van der Waals surface area contributed by atoms with E-state index in [9.17, 15) is 14.4 Å². The highest BCUT2D eigenvalue weighted by atomic mass is 35.5. The number of halogens is 1. The van der Waals surface area contributed by atoms with Crippen LogP contribution in [0.25, 0.3) is 5.69 Å². The number of aromatic nitrogens is 5. The third-order valence-corrected chi connectivity index (χ3v) is 6.11. The Morgan fingerprint density at radius 2 is 1.82 bits per heavy atom. The van der Waals surface area contributed by atoms with Gasteiger partial charge in [-0.05, 0) is 55.3 Å². The third kappa shape index (κ3) is 5.64. The molecule has 34 heavy (non-hydrogen) atoms. The van der Waals surface area contributed by atoms with E-state index < -0.39 is 11.2 Å². The van der Waals surface area contributed by atoms with E-state index in [2.05, 4.69) is 25.5 Å². The van der Waals surface area contributed by atoms with Crippen molar-refractivity contribution in [2.45, 2.75) is 25.4 Å². The van der Waals surface area contributed by atoms with E-state index in [1.807, 2.05) is 36.6 Å². The Labute approximate surface area is 203 Å². The summed E-state index contributed by atoms with van der Waals surface area (Å²) >= 11 is 7.13. The SMILES string of the molecule is Cc1ccc(C)c(-n2c(Cc3cc(=O)[nH]c(=O)[nH]3)nnc2SCC(=O)Nc2ccc(Cl)cc2)c1. The Kier molecular flexibility index (Phi) is 6.99. The molecule has 0 aliphatic rings. The van der Waals surface area contributed by atoms with Crippen LogP contribution in [0.4, 0.5) is 5.69 Å². The van der Waals surface area contributed by atoms with E-state index in [1.165, 1.54) is 17.8 Å². The van der Waals surface area contributed by atoms with Gasteiger partial charge in [0.1, 0.15) is 5.82 Å². The average molecular weight is 497 g/mol. The average Bonchev–Trinajstić information content (AvgIpc) is 3.17. The Morgan fingerprint density at radius 1 is 1.06 bits per heavy atom. The first kappa shape index (κ1) is 23.5. The standard InChI is InChI=1S/C23H21ClN6O3S/c1-13-3-4-14(2)18(9-13)30-19(10-17-11-20(31)27-22(33)26-17)28-29-23(30)34-12-21(32)25-16-7-5-15(24)6-8-16/h3-9,11H,10,12H2,1-2H3,(H,25,32)(H2,26,27,31,33). The predicted molar refractivity (Wildman–Crippen MR) is 132 cm³/mol. The van der Waals surface area contributed by atoms with Crippen molar-refractivity contribution in [3.8, 4) is 5.69 Å². The lowest BCUT2D eigenvalue weighted by Crippen LogP contribution is -2.23. The number of nitrogens with zero attached hydrogens (tertiary/aromatic N) is 3. The van der Waals surface area contributed by atoms with Crippen LogP contribution in [-0.4, -0.2) is 36.4 Å². The number of hydrogen-bond acceptors (Lipinski definition) is 6. The van der Waals surface area contributed by atoms with Gasteiger partial charge in [-0.25, -0.2) is 4.79 Å². The molecule has 0 spiro atoms. The zero-order valence-corrected chi connectivity index (χ0v) is 20.0. The lowest BCUT2D eigenvalue weighted by Gasteiger charge is -2.14. The fourth-order valence-electron chi connectivity index (χ4n) is 3.36. The first-order valence-electron chi connectivity index (χ1n) is 10.3. The Hall–Kier alpha value is -3.63. The summed E-state index contributed by atoms with van der Waals surface area (Å²) in [6.07, 6.45) is 0.178. The van der Waals surface area contributed by atoms with Crippen molar-refractivity contribution in [3.05, 3.63) is 97.0 Å². The molecule has 0 atom stereocenters. The summed E-state index contributed by atoms with van der Waals surface area (Å²) in [6, 6.07) is 14.2. The van der Waals surface area contributed by atoms with Crippen LogP contribution in [0, 0.1) is 13.8 Å². The molecule has 0 aliphatic heterocycles. The second kappa shape index (κ2) is 10.1. The molecule has 2 aromatic heterocycles. The van der Waals surface area contributed by atoms with Crippen LogP contribution in [0.1, 0.15) is 22.6 Å². The Balaban J connectivity index is 1.63. The van der Waals surface area contributed by atoms with Gasteiger partial charge in [-0.3, -0.25) is 19.1 Å². The smallest absolute Gasteiger partial charge is 0.325 e. The topological polar surface area (TPSA) is 126 Å². The van der Waals surface area contributed by atoms with Gasteiger partial charge in [0.15, 0.2) is 5.16 Å². The van der Waals surface area contributed by atoms with Crippen LogP contribution in [0.5, 0.6) is 0 Å². The van der Waals surface area contributed by atoms with Gasteiger partial charge in [0.2, 0.25) is 5.91 Å². The van der Waals surface area contributed by atoms with E-state index in [4.69, 9.17) is 11.6 Å². The van der Waals surface area contributed by atoms with Gasteiger partial charge in [-0.15, -0.1) is 10.2 Å². The van der Waals surface area contributed by atoms with Crippen molar-refractivity contribution in [2.24, 2.45) is 0 Å². The molecule has 0 bridgehead atoms. The van der Waals surface area contributed by atoms with Crippen molar-refractivity contribution in [2.75, 3.05) is 11.1 Å². The molecule has 174 valence electrons. The number of thioether (sulfide) groups is 1. The minimum Gasteiger partial charge on any atom is -0.325 e. The van der Waals surface area contributed by atoms with Crippen molar-refractivity contribution >= 4 is 35.0 Å². The maximum Gasteiger partial charge on any atom is 0.325 e. The molecule has 0 saturated carbocycles. The van der Waals surface area contributed by atoms with Gasteiger partial charge >= 0.3 is 5.69 Å². The summed E-state index contributed by atoms with van der Waals surface area (Å²) in [7, 11) is 0. The molecule has 4 rings (SSSR count). The number of hydrogen-bond donors (Lipinski definition) is 3. The van der Waals surface area contributed by atoms with Crippen molar-refractivity contribution in [1.29, 1.82) is 0 Å². The van der Waals surface area contributed by atoms with Crippen molar-refractivity contribution in [3.63, 3.8) is 0 Å². The fraction of sp³-hybridized carbons (Fsp3) is 0.174. The minimum absolute atomic E-state index is 0.105. The van der Waals surface area contributed by atoms with Crippen LogP contribution < -0.4 is 16.6 Å². The number of H-pyrrole nitrogens is 2. The number of carbonyl (C=O) groups excluding carboxylic acids is 1. The molecular weight excluding hydrogens is 476 g/mol. The molecule has 11 heteroatoms. The van der Waals surface area contributed by atoms with Crippen LogP contribution in [0.15, 0.2) is 63.3 Å². The molecule has 4 aromatic rings. The van der Waals surface area contributed by atoms with Crippen molar-refractivity contribution < 1.29 is 4.79 Å². The number of rotatable bonds is 7. The monoisotopic (exact) mass is 496 g/mol. The number of nitrogens with one attached hydrogen (secondary N) is 3. The predicted octanol–water partition coefficient (Wildman–Crippen LogP) is 3.24. The van der Waals surface area contributed by atoms with Gasteiger partial charge in [-0.2, -0.15) is 0 Å². The summed E-state index contributed by atoms with van der Waals surface area (Å²) < 4.78 is 1.85. The molecule has 0 saturated heterocycles. The van der Waals surface area contributed by atoms with E-state index in [-0.39, 0.29) is 18.1 Å². The zero-order chi connectivity index (χ0) is 24.2. The first-order valence-corrected chi connectivity index (χ1v) is 11.7. The Morgan fingerprint density at radius 3 is 2.56 bits per heavy atom. The van der Waals surface area contributed by atoms with E-state index in [0.717, 1.165) is 16.8 Å². The molecule has 2 heterocycles. The molecule has 9 nitrogen and oxygen atoms in total.